The Kier molecular flexibility index (Phi) is 4.12. The van der Waals surface area contributed by atoms with Crippen LogP contribution in [-0.2, 0) is 4.74 Å². The van der Waals surface area contributed by atoms with E-state index in [2.05, 4.69) is 20.2 Å². The summed E-state index contributed by atoms with van der Waals surface area (Å²) in [5.41, 5.74) is 0.986. The summed E-state index contributed by atoms with van der Waals surface area (Å²) in [6, 6.07) is 3.89. The number of H-pyrrole nitrogens is 1. The fraction of sp³-hybridized carbons (Fsp3) is 0.529. The number of carbonyl (C=O) groups excluding carboxylic acids is 1. The summed E-state index contributed by atoms with van der Waals surface area (Å²) in [5.74, 6) is -0.0530. The zero-order valence-electron chi connectivity index (χ0n) is 14.1. The Balaban J connectivity index is 1.41. The van der Waals surface area contributed by atoms with Crippen LogP contribution in [-0.4, -0.2) is 62.4 Å². The number of ether oxygens (including phenoxy) is 2. The van der Waals surface area contributed by atoms with Gasteiger partial charge in [-0.1, -0.05) is 0 Å². The molecular formula is C17H21N5O3. The Morgan fingerprint density at radius 3 is 3.04 bits per heavy atom. The van der Waals surface area contributed by atoms with Crippen molar-refractivity contribution in [1.82, 2.24) is 25.1 Å². The smallest absolute Gasteiger partial charge is 0.316 e. The van der Waals surface area contributed by atoms with Gasteiger partial charge in [-0.2, -0.15) is 5.10 Å². The average Bonchev–Trinajstić information content (AvgIpc) is 3.22. The van der Waals surface area contributed by atoms with Gasteiger partial charge in [-0.15, -0.1) is 0 Å². The maximum atomic E-state index is 12.7. The summed E-state index contributed by atoms with van der Waals surface area (Å²) in [6.07, 6.45) is 5.77. The predicted molar refractivity (Wildman–Crippen MR) is 88.2 cm³/mol. The van der Waals surface area contributed by atoms with Gasteiger partial charge in [-0.05, 0) is 31.9 Å². The number of carbonyl (C=O) groups is 1. The molecule has 8 nitrogen and oxygen atoms in total. The third-order valence-corrected chi connectivity index (χ3v) is 4.74. The number of amides is 1. The number of aryl methyl sites for hydroxylation is 1. The molecule has 4 heterocycles. The summed E-state index contributed by atoms with van der Waals surface area (Å²) in [7, 11) is 0. The minimum atomic E-state index is -0.349. The lowest BCUT2D eigenvalue weighted by molar-refractivity contribution is -0.0455. The Hall–Kier alpha value is -2.48. The van der Waals surface area contributed by atoms with Crippen molar-refractivity contribution in [2.75, 3.05) is 19.7 Å². The maximum Gasteiger partial charge on any atom is 0.316 e. The third-order valence-electron chi connectivity index (χ3n) is 4.74. The minimum absolute atomic E-state index is 0.0530. The van der Waals surface area contributed by atoms with Crippen LogP contribution in [0.15, 0.2) is 24.5 Å². The summed E-state index contributed by atoms with van der Waals surface area (Å²) < 4.78 is 11.9. The van der Waals surface area contributed by atoms with E-state index < -0.39 is 0 Å². The van der Waals surface area contributed by atoms with Crippen LogP contribution in [0.2, 0.25) is 0 Å². The van der Waals surface area contributed by atoms with E-state index in [0.29, 0.717) is 24.9 Å². The second-order valence-electron chi connectivity index (χ2n) is 6.74. The molecule has 2 fully saturated rings. The molecule has 2 aromatic rings. The first kappa shape index (κ1) is 16.0. The molecule has 0 radical (unpaired) electrons. The highest BCUT2D eigenvalue weighted by atomic mass is 16.6. The van der Waals surface area contributed by atoms with E-state index in [0.717, 1.165) is 31.5 Å². The van der Waals surface area contributed by atoms with E-state index in [1.165, 1.54) is 0 Å². The molecule has 1 spiro atoms. The molecule has 2 atom stereocenters. The second-order valence-corrected chi connectivity index (χ2v) is 6.74. The van der Waals surface area contributed by atoms with E-state index in [1.54, 1.807) is 24.5 Å². The zero-order chi connectivity index (χ0) is 17.3. The lowest BCUT2D eigenvalue weighted by Gasteiger charge is -2.39. The highest BCUT2D eigenvalue weighted by molar-refractivity contribution is 5.92. The fourth-order valence-corrected chi connectivity index (χ4v) is 3.62. The van der Waals surface area contributed by atoms with E-state index in [4.69, 9.17) is 9.47 Å². The van der Waals surface area contributed by atoms with Crippen LogP contribution in [0.1, 0.15) is 35.4 Å². The predicted octanol–water partition coefficient (Wildman–Crippen LogP) is 1.35. The van der Waals surface area contributed by atoms with Gasteiger partial charge in [0.1, 0.15) is 11.8 Å². The van der Waals surface area contributed by atoms with Crippen molar-refractivity contribution in [2.24, 2.45) is 0 Å². The lowest BCUT2D eigenvalue weighted by atomic mass is 9.89. The molecule has 8 heteroatoms. The molecule has 0 bridgehead atoms. The Morgan fingerprint density at radius 1 is 1.44 bits per heavy atom. The summed E-state index contributed by atoms with van der Waals surface area (Å²) in [5, 5.41) is 6.90. The molecule has 25 heavy (non-hydrogen) atoms. The van der Waals surface area contributed by atoms with E-state index in [1.807, 2.05) is 11.8 Å². The molecule has 4 rings (SSSR count). The molecule has 1 N–H and O–H groups in total. The standard InChI is InChI=1S/C17H21N5O3/c1-12-8-14(21-20-12)15(23)22-7-2-4-17(11-22)9-13(10-24-17)25-16-18-5-3-6-19-16/h3,5-6,8,13H,2,4,7,9-11H2,1H3,(H,20,21)/t13-,17+/m0/s1. The van der Waals surface area contributed by atoms with Crippen LogP contribution in [0, 0.1) is 6.92 Å². The maximum absolute atomic E-state index is 12.7. The molecule has 132 valence electrons. The van der Waals surface area contributed by atoms with Gasteiger partial charge in [-0.3, -0.25) is 9.89 Å². The number of nitrogens with zero attached hydrogens (tertiary/aromatic N) is 4. The van der Waals surface area contributed by atoms with Gasteiger partial charge in [0, 0.05) is 31.1 Å². The number of aromatic nitrogens is 4. The second kappa shape index (κ2) is 6.44. The van der Waals surface area contributed by atoms with Gasteiger partial charge in [0.05, 0.1) is 18.8 Å². The monoisotopic (exact) mass is 343 g/mol. The normalized spacial score (nSPS) is 26.1. The molecular weight excluding hydrogens is 322 g/mol. The Morgan fingerprint density at radius 2 is 2.28 bits per heavy atom. The summed E-state index contributed by atoms with van der Waals surface area (Å²) in [6.45, 7) is 3.66. The SMILES string of the molecule is Cc1cc(C(=O)N2CCC[C@@]3(C[C@H](Oc4ncccn4)CO3)C2)n[nH]1. The number of nitrogens with one attached hydrogen (secondary N) is 1. The number of piperidine rings is 1. The van der Waals surface area contributed by atoms with Crippen LogP contribution < -0.4 is 4.74 Å². The Bertz CT molecular complexity index is 750. The summed E-state index contributed by atoms with van der Waals surface area (Å²) in [4.78, 5) is 22.7. The molecule has 2 aliphatic rings. The molecule has 0 aromatic carbocycles. The highest BCUT2D eigenvalue weighted by Crippen LogP contribution is 2.36. The number of rotatable bonds is 3. The van der Waals surface area contributed by atoms with Crippen molar-refractivity contribution in [3.8, 4) is 6.01 Å². The largest absolute Gasteiger partial charge is 0.458 e. The number of hydrogen-bond acceptors (Lipinski definition) is 6. The number of likely N-dealkylation sites (tertiary alicyclic amines) is 1. The summed E-state index contributed by atoms with van der Waals surface area (Å²) >= 11 is 0. The topological polar surface area (TPSA) is 93.2 Å². The minimum Gasteiger partial charge on any atom is -0.458 e. The van der Waals surface area contributed by atoms with Crippen LogP contribution in [0.5, 0.6) is 6.01 Å². The van der Waals surface area contributed by atoms with Crippen molar-refractivity contribution in [3.63, 3.8) is 0 Å². The van der Waals surface area contributed by atoms with Crippen molar-refractivity contribution in [2.45, 2.75) is 37.9 Å². The van der Waals surface area contributed by atoms with Crippen molar-refractivity contribution in [1.29, 1.82) is 0 Å². The number of aromatic amines is 1. The van der Waals surface area contributed by atoms with Crippen LogP contribution in [0.4, 0.5) is 0 Å². The van der Waals surface area contributed by atoms with Crippen LogP contribution >= 0.6 is 0 Å². The van der Waals surface area contributed by atoms with Gasteiger partial charge in [-0.25, -0.2) is 9.97 Å². The quantitative estimate of drug-likeness (QED) is 0.904. The first-order valence-electron chi connectivity index (χ1n) is 8.52. The van der Waals surface area contributed by atoms with Gasteiger partial charge in [0.2, 0.25) is 0 Å². The average molecular weight is 343 g/mol. The van der Waals surface area contributed by atoms with Crippen molar-refractivity contribution < 1.29 is 14.3 Å². The molecule has 2 aliphatic heterocycles. The van der Waals surface area contributed by atoms with Crippen molar-refractivity contribution in [3.05, 3.63) is 35.9 Å². The Labute approximate surface area is 145 Å². The van der Waals surface area contributed by atoms with E-state index in [9.17, 15) is 4.79 Å². The molecule has 2 saturated heterocycles. The van der Waals surface area contributed by atoms with Gasteiger partial charge in [0.25, 0.3) is 5.91 Å². The number of hydrogen-bond donors (Lipinski definition) is 1. The lowest BCUT2D eigenvalue weighted by Crippen LogP contribution is -2.50. The third kappa shape index (κ3) is 3.34. The first-order chi connectivity index (χ1) is 12.1. The molecule has 0 aliphatic carbocycles. The zero-order valence-corrected chi connectivity index (χ0v) is 14.1. The van der Waals surface area contributed by atoms with E-state index in [-0.39, 0.29) is 17.6 Å². The first-order valence-corrected chi connectivity index (χ1v) is 8.52. The van der Waals surface area contributed by atoms with E-state index >= 15 is 0 Å². The van der Waals surface area contributed by atoms with Gasteiger partial charge >= 0.3 is 6.01 Å². The van der Waals surface area contributed by atoms with Crippen LogP contribution in [0.25, 0.3) is 0 Å². The molecule has 0 unspecified atom stereocenters. The molecule has 0 saturated carbocycles. The fourth-order valence-electron chi connectivity index (χ4n) is 3.62. The van der Waals surface area contributed by atoms with Gasteiger partial charge in [0.15, 0.2) is 0 Å². The van der Waals surface area contributed by atoms with Crippen molar-refractivity contribution >= 4 is 5.91 Å². The molecule has 2 aromatic heterocycles. The highest BCUT2D eigenvalue weighted by Gasteiger charge is 2.45. The van der Waals surface area contributed by atoms with Gasteiger partial charge < -0.3 is 14.4 Å². The molecule has 1 amide bonds. The van der Waals surface area contributed by atoms with Crippen LogP contribution in [0.3, 0.4) is 0 Å².